The van der Waals surface area contributed by atoms with Crippen LogP contribution in [0.25, 0.3) is 0 Å². The predicted octanol–water partition coefficient (Wildman–Crippen LogP) is 5.05. The number of carbonyl (C=O) groups is 2. The van der Waals surface area contributed by atoms with E-state index in [2.05, 4.69) is 5.32 Å². The van der Waals surface area contributed by atoms with Gasteiger partial charge in [0.2, 0.25) is 21.8 Å². The molecule has 10 heteroatoms. The lowest BCUT2D eigenvalue weighted by Crippen LogP contribution is -2.52. The molecule has 0 heterocycles. The normalized spacial score (nSPS) is 12.2. The first-order valence-electron chi connectivity index (χ1n) is 12.1. The quantitative estimate of drug-likeness (QED) is 0.350. The zero-order chi connectivity index (χ0) is 26.9. The van der Waals surface area contributed by atoms with E-state index in [4.69, 9.17) is 23.2 Å². The van der Waals surface area contributed by atoms with Crippen molar-refractivity contribution < 1.29 is 18.0 Å². The second kappa shape index (κ2) is 13.9. The SMILES string of the molecule is CCCCNC(=O)[C@H](CC)N(Cc1ccc(Cl)cc1Cl)C(=O)CN(c1ccc(CC)cc1)S(C)(=O)=O. The molecule has 1 atom stereocenters. The molecule has 0 aromatic heterocycles. The van der Waals surface area contributed by atoms with E-state index in [0.717, 1.165) is 35.4 Å². The highest BCUT2D eigenvalue weighted by atomic mass is 35.5. The molecule has 2 aromatic carbocycles. The lowest BCUT2D eigenvalue weighted by atomic mass is 10.1. The third kappa shape index (κ3) is 8.39. The van der Waals surface area contributed by atoms with Gasteiger partial charge < -0.3 is 10.2 Å². The average molecular weight is 557 g/mol. The van der Waals surface area contributed by atoms with Crippen molar-refractivity contribution in [3.05, 3.63) is 63.6 Å². The van der Waals surface area contributed by atoms with Gasteiger partial charge in [0, 0.05) is 23.1 Å². The molecule has 36 heavy (non-hydrogen) atoms. The van der Waals surface area contributed by atoms with E-state index in [0.29, 0.717) is 34.3 Å². The van der Waals surface area contributed by atoms with Crippen molar-refractivity contribution in [2.45, 2.75) is 59.0 Å². The van der Waals surface area contributed by atoms with Crippen LogP contribution in [0.1, 0.15) is 51.2 Å². The summed E-state index contributed by atoms with van der Waals surface area (Å²) in [5.41, 5.74) is 2.03. The number of sulfonamides is 1. The molecule has 0 spiro atoms. The first kappa shape index (κ1) is 29.9. The van der Waals surface area contributed by atoms with Crippen LogP contribution < -0.4 is 9.62 Å². The maximum atomic E-state index is 13.7. The molecule has 0 radical (unpaired) electrons. The summed E-state index contributed by atoms with van der Waals surface area (Å²) >= 11 is 12.4. The lowest BCUT2D eigenvalue weighted by Gasteiger charge is -2.33. The number of unbranched alkanes of at least 4 members (excludes halogenated alkanes) is 1. The molecule has 0 unspecified atom stereocenters. The molecule has 0 fully saturated rings. The van der Waals surface area contributed by atoms with Crippen molar-refractivity contribution in [1.82, 2.24) is 10.2 Å². The Kier molecular flexibility index (Phi) is 11.5. The molecule has 0 saturated carbocycles. The van der Waals surface area contributed by atoms with Gasteiger partial charge in [0.25, 0.3) is 0 Å². The van der Waals surface area contributed by atoms with Crippen molar-refractivity contribution in [3.8, 4) is 0 Å². The number of halogens is 2. The number of nitrogens with one attached hydrogen (secondary N) is 1. The van der Waals surface area contributed by atoms with Crippen molar-refractivity contribution in [2.24, 2.45) is 0 Å². The Balaban J connectivity index is 2.43. The number of amides is 2. The number of hydrogen-bond donors (Lipinski definition) is 1. The highest BCUT2D eigenvalue weighted by Gasteiger charge is 2.32. The molecule has 2 rings (SSSR count). The highest BCUT2D eigenvalue weighted by Crippen LogP contribution is 2.25. The average Bonchev–Trinajstić information content (AvgIpc) is 2.83. The number of rotatable bonds is 13. The summed E-state index contributed by atoms with van der Waals surface area (Å²) in [5.74, 6) is -0.800. The fourth-order valence-corrected chi connectivity index (χ4v) is 5.09. The van der Waals surface area contributed by atoms with E-state index in [1.807, 2.05) is 32.9 Å². The lowest BCUT2D eigenvalue weighted by molar-refractivity contribution is -0.140. The number of carbonyl (C=O) groups excluding carboxylic acids is 2. The molecular weight excluding hydrogens is 521 g/mol. The number of anilines is 1. The summed E-state index contributed by atoms with van der Waals surface area (Å²) < 4.78 is 26.4. The van der Waals surface area contributed by atoms with E-state index in [-0.39, 0.29) is 12.5 Å². The monoisotopic (exact) mass is 555 g/mol. The first-order valence-corrected chi connectivity index (χ1v) is 14.7. The minimum Gasteiger partial charge on any atom is -0.354 e. The zero-order valence-electron chi connectivity index (χ0n) is 21.3. The van der Waals surface area contributed by atoms with E-state index in [1.54, 1.807) is 30.3 Å². The maximum absolute atomic E-state index is 13.7. The Morgan fingerprint density at radius 2 is 1.69 bits per heavy atom. The molecule has 0 saturated heterocycles. The second-order valence-electron chi connectivity index (χ2n) is 8.62. The summed E-state index contributed by atoms with van der Waals surface area (Å²) in [6.07, 6.45) is 3.94. The van der Waals surface area contributed by atoms with E-state index in [1.165, 1.54) is 4.90 Å². The van der Waals surface area contributed by atoms with Gasteiger partial charge in [0.05, 0.1) is 11.9 Å². The Hall–Kier alpha value is -2.29. The number of hydrogen-bond acceptors (Lipinski definition) is 4. The first-order chi connectivity index (χ1) is 17.0. The fourth-order valence-electron chi connectivity index (χ4n) is 3.77. The molecular formula is C26H35Cl2N3O4S. The molecule has 0 aliphatic rings. The topological polar surface area (TPSA) is 86.8 Å². The van der Waals surface area contributed by atoms with Crippen LogP contribution >= 0.6 is 23.2 Å². The number of aryl methyl sites for hydroxylation is 1. The van der Waals surface area contributed by atoms with E-state index < -0.39 is 28.5 Å². The number of nitrogens with zero attached hydrogens (tertiary/aromatic N) is 2. The predicted molar refractivity (Wildman–Crippen MR) is 147 cm³/mol. The molecule has 1 N–H and O–H groups in total. The van der Waals surface area contributed by atoms with Crippen LogP contribution in [0.3, 0.4) is 0 Å². The fraction of sp³-hybridized carbons (Fsp3) is 0.462. The van der Waals surface area contributed by atoms with E-state index in [9.17, 15) is 18.0 Å². The summed E-state index contributed by atoms with van der Waals surface area (Å²) in [6.45, 7) is 5.91. The van der Waals surface area contributed by atoms with Gasteiger partial charge in [-0.05, 0) is 54.7 Å². The Bertz CT molecular complexity index is 1140. The van der Waals surface area contributed by atoms with Crippen LogP contribution in [0.15, 0.2) is 42.5 Å². The number of benzene rings is 2. The van der Waals surface area contributed by atoms with Crippen molar-refractivity contribution in [2.75, 3.05) is 23.7 Å². The largest absolute Gasteiger partial charge is 0.354 e. The molecule has 7 nitrogen and oxygen atoms in total. The smallest absolute Gasteiger partial charge is 0.244 e. The van der Waals surface area contributed by atoms with Gasteiger partial charge in [0.1, 0.15) is 12.6 Å². The van der Waals surface area contributed by atoms with Crippen LogP contribution in [0.2, 0.25) is 10.0 Å². The molecule has 0 bridgehead atoms. The third-order valence-corrected chi connectivity index (χ3v) is 7.61. The highest BCUT2D eigenvalue weighted by molar-refractivity contribution is 7.92. The van der Waals surface area contributed by atoms with Gasteiger partial charge in [-0.25, -0.2) is 8.42 Å². The Labute approximate surface area is 224 Å². The third-order valence-electron chi connectivity index (χ3n) is 5.88. The van der Waals surface area contributed by atoms with Crippen LogP contribution in [-0.4, -0.2) is 50.5 Å². The Morgan fingerprint density at radius 3 is 2.22 bits per heavy atom. The minimum atomic E-state index is -3.78. The van der Waals surface area contributed by atoms with Gasteiger partial charge in [-0.1, -0.05) is 68.6 Å². The van der Waals surface area contributed by atoms with Gasteiger partial charge in [0.15, 0.2) is 0 Å². The zero-order valence-corrected chi connectivity index (χ0v) is 23.6. The summed E-state index contributed by atoms with van der Waals surface area (Å²) in [7, 11) is -3.78. The molecule has 198 valence electrons. The van der Waals surface area contributed by atoms with Crippen LogP contribution in [-0.2, 0) is 32.6 Å². The molecule has 2 amide bonds. The van der Waals surface area contributed by atoms with Gasteiger partial charge >= 0.3 is 0 Å². The van der Waals surface area contributed by atoms with Gasteiger partial charge in [-0.2, -0.15) is 0 Å². The minimum absolute atomic E-state index is 0.0287. The van der Waals surface area contributed by atoms with Crippen LogP contribution in [0, 0.1) is 0 Å². The summed E-state index contributed by atoms with van der Waals surface area (Å²) in [6, 6.07) is 11.2. The standard InChI is InChI=1S/C26H35Cl2N3O4S/c1-5-8-15-29-26(33)24(7-3)30(17-20-11-12-21(27)16-23(20)28)25(32)18-31(36(4,34)35)22-13-9-19(6-2)10-14-22/h9-14,16,24H,5-8,15,17-18H2,1-4H3,(H,29,33)/t24-/m0/s1. The molecule has 0 aliphatic heterocycles. The summed E-state index contributed by atoms with van der Waals surface area (Å²) in [5, 5.41) is 3.70. The second-order valence-corrected chi connectivity index (χ2v) is 11.4. The van der Waals surface area contributed by atoms with E-state index >= 15 is 0 Å². The van der Waals surface area contributed by atoms with Crippen molar-refractivity contribution >= 4 is 50.7 Å². The Morgan fingerprint density at radius 1 is 1.03 bits per heavy atom. The van der Waals surface area contributed by atoms with Crippen molar-refractivity contribution in [1.29, 1.82) is 0 Å². The van der Waals surface area contributed by atoms with Crippen molar-refractivity contribution in [3.63, 3.8) is 0 Å². The molecule has 0 aliphatic carbocycles. The molecule has 2 aromatic rings. The van der Waals surface area contributed by atoms with Crippen LogP contribution in [0.4, 0.5) is 5.69 Å². The van der Waals surface area contributed by atoms with Crippen LogP contribution in [0.5, 0.6) is 0 Å². The maximum Gasteiger partial charge on any atom is 0.244 e. The van der Waals surface area contributed by atoms with Gasteiger partial charge in [-0.15, -0.1) is 0 Å². The summed E-state index contributed by atoms with van der Waals surface area (Å²) in [4.78, 5) is 28.1. The van der Waals surface area contributed by atoms with Gasteiger partial charge in [-0.3, -0.25) is 13.9 Å².